The molecular formula is C22H28N4O7S. The van der Waals surface area contributed by atoms with Crippen molar-refractivity contribution in [1.82, 2.24) is 19.4 Å². The summed E-state index contributed by atoms with van der Waals surface area (Å²) in [6, 6.07) is 4.12. The van der Waals surface area contributed by atoms with E-state index in [1.165, 1.54) is 16.4 Å². The van der Waals surface area contributed by atoms with Gasteiger partial charge in [0.15, 0.2) is 11.5 Å². The number of sulfonamides is 1. The number of urea groups is 1. The predicted molar refractivity (Wildman–Crippen MR) is 119 cm³/mol. The number of nitrogens with zero attached hydrogens (tertiary/aromatic N) is 3. The first-order chi connectivity index (χ1) is 16.3. The Morgan fingerprint density at radius 2 is 1.68 bits per heavy atom. The topological polar surface area (TPSA) is 126 Å². The summed E-state index contributed by atoms with van der Waals surface area (Å²) >= 11 is 0. The fourth-order valence-electron chi connectivity index (χ4n) is 5.07. The van der Waals surface area contributed by atoms with E-state index in [1.54, 1.807) is 11.0 Å². The summed E-state index contributed by atoms with van der Waals surface area (Å²) in [4.78, 5) is 40.6. The predicted octanol–water partition coefficient (Wildman–Crippen LogP) is 0.545. The van der Waals surface area contributed by atoms with E-state index in [2.05, 4.69) is 5.32 Å². The van der Waals surface area contributed by atoms with E-state index in [0.29, 0.717) is 37.6 Å². The molecule has 3 heterocycles. The Morgan fingerprint density at radius 3 is 2.38 bits per heavy atom. The van der Waals surface area contributed by atoms with Crippen molar-refractivity contribution >= 4 is 27.9 Å². The molecule has 1 aromatic carbocycles. The minimum atomic E-state index is -3.74. The van der Waals surface area contributed by atoms with Crippen LogP contribution in [0.3, 0.4) is 0 Å². The number of ether oxygens (including phenoxy) is 2. The standard InChI is InChI=1S/C22H28N4O7S/c27-19(5-8-26-20(28)22(23-21(26)29)6-1-2-7-22)24-9-11-25(12-10-24)34(30,31)16-3-4-17-18(15-16)33-14-13-32-17/h3-4,15H,1-2,5-14H2,(H,23,29). The molecule has 2 saturated heterocycles. The van der Waals surface area contributed by atoms with Gasteiger partial charge in [-0.05, 0) is 25.0 Å². The number of piperazine rings is 1. The molecule has 0 aromatic heterocycles. The number of amides is 4. The van der Waals surface area contributed by atoms with Gasteiger partial charge in [0.25, 0.3) is 5.91 Å². The summed E-state index contributed by atoms with van der Waals surface area (Å²) in [5.41, 5.74) is -0.784. The van der Waals surface area contributed by atoms with Crippen molar-refractivity contribution in [2.75, 3.05) is 45.9 Å². The second-order valence-corrected chi connectivity index (χ2v) is 11.0. The summed E-state index contributed by atoms with van der Waals surface area (Å²) in [5, 5.41) is 2.81. The number of nitrogens with one attached hydrogen (secondary N) is 1. The van der Waals surface area contributed by atoms with Crippen molar-refractivity contribution < 1.29 is 32.3 Å². The maximum absolute atomic E-state index is 13.1. The van der Waals surface area contributed by atoms with Gasteiger partial charge in [-0.2, -0.15) is 4.31 Å². The molecule has 184 valence electrons. The highest BCUT2D eigenvalue weighted by Gasteiger charge is 2.52. The van der Waals surface area contributed by atoms with E-state index in [-0.39, 0.29) is 55.9 Å². The Kier molecular flexibility index (Phi) is 5.88. The van der Waals surface area contributed by atoms with Gasteiger partial charge in [0.1, 0.15) is 18.8 Å². The van der Waals surface area contributed by atoms with Crippen LogP contribution >= 0.6 is 0 Å². The van der Waals surface area contributed by atoms with Crippen LogP contribution in [0.2, 0.25) is 0 Å². The van der Waals surface area contributed by atoms with Gasteiger partial charge in [0, 0.05) is 45.2 Å². The van der Waals surface area contributed by atoms with E-state index in [1.807, 2.05) is 0 Å². The van der Waals surface area contributed by atoms with E-state index in [4.69, 9.17) is 9.47 Å². The van der Waals surface area contributed by atoms with Crippen molar-refractivity contribution in [2.24, 2.45) is 0 Å². The van der Waals surface area contributed by atoms with Gasteiger partial charge >= 0.3 is 6.03 Å². The third kappa shape index (κ3) is 3.98. The lowest BCUT2D eigenvalue weighted by molar-refractivity contribution is -0.134. The summed E-state index contributed by atoms with van der Waals surface area (Å²) in [6.07, 6.45) is 3.10. The van der Waals surface area contributed by atoms with E-state index >= 15 is 0 Å². The van der Waals surface area contributed by atoms with Gasteiger partial charge in [-0.25, -0.2) is 13.2 Å². The number of imide groups is 1. The molecule has 11 nitrogen and oxygen atoms in total. The highest BCUT2D eigenvalue weighted by Crippen LogP contribution is 2.35. The largest absolute Gasteiger partial charge is 0.486 e. The second-order valence-electron chi connectivity index (χ2n) is 9.02. The minimum Gasteiger partial charge on any atom is -0.486 e. The molecule has 12 heteroatoms. The van der Waals surface area contributed by atoms with Crippen LogP contribution < -0.4 is 14.8 Å². The van der Waals surface area contributed by atoms with Crippen LogP contribution in [0.5, 0.6) is 11.5 Å². The Balaban J connectivity index is 1.16. The lowest BCUT2D eigenvalue weighted by Gasteiger charge is -2.34. The first-order valence-electron chi connectivity index (χ1n) is 11.6. The molecule has 3 fully saturated rings. The van der Waals surface area contributed by atoms with Crippen LogP contribution in [-0.4, -0.2) is 91.8 Å². The number of fused-ring (bicyclic) bond motifs is 1. The molecule has 0 atom stereocenters. The quantitative estimate of drug-likeness (QED) is 0.595. The van der Waals surface area contributed by atoms with Crippen LogP contribution in [0, 0.1) is 0 Å². The maximum atomic E-state index is 13.1. The Labute approximate surface area is 198 Å². The highest BCUT2D eigenvalue weighted by molar-refractivity contribution is 7.89. The molecule has 1 aliphatic carbocycles. The van der Waals surface area contributed by atoms with E-state index in [9.17, 15) is 22.8 Å². The molecule has 1 spiro atoms. The third-order valence-corrected chi connectivity index (χ3v) is 8.89. The van der Waals surface area contributed by atoms with Gasteiger partial charge in [-0.3, -0.25) is 14.5 Å². The van der Waals surface area contributed by atoms with Crippen LogP contribution in [0.25, 0.3) is 0 Å². The molecule has 1 saturated carbocycles. The molecule has 0 unspecified atom stereocenters. The van der Waals surface area contributed by atoms with Gasteiger partial charge in [-0.1, -0.05) is 12.8 Å². The van der Waals surface area contributed by atoms with E-state index in [0.717, 1.165) is 17.7 Å². The summed E-state index contributed by atoms with van der Waals surface area (Å²) in [5.74, 6) is 0.480. The zero-order valence-electron chi connectivity index (χ0n) is 18.8. The van der Waals surface area contributed by atoms with Gasteiger partial charge < -0.3 is 19.7 Å². The number of carbonyl (C=O) groups excluding carboxylic acids is 3. The summed E-state index contributed by atoms with van der Waals surface area (Å²) in [7, 11) is -3.74. The summed E-state index contributed by atoms with van der Waals surface area (Å²) < 4.78 is 38.5. The maximum Gasteiger partial charge on any atom is 0.325 e. The van der Waals surface area contributed by atoms with Crippen molar-refractivity contribution in [3.05, 3.63) is 18.2 Å². The number of benzene rings is 1. The second kappa shape index (κ2) is 8.73. The monoisotopic (exact) mass is 492 g/mol. The zero-order valence-corrected chi connectivity index (χ0v) is 19.6. The number of hydrogen-bond donors (Lipinski definition) is 1. The number of hydrogen-bond acceptors (Lipinski definition) is 7. The number of rotatable bonds is 5. The van der Waals surface area contributed by atoms with Gasteiger partial charge in [-0.15, -0.1) is 0 Å². The molecular weight excluding hydrogens is 464 g/mol. The lowest BCUT2D eigenvalue weighted by atomic mass is 9.98. The Hall–Kier alpha value is -2.86. The van der Waals surface area contributed by atoms with Gasteiger partial charge in [0.2, 0.25) is 15.9 Å². The molecule has 0 bridgehead atoms. The fourth-order valence-corrected chi connectivity index (χ4v) is 6.51. The molecule has 4 aliphatic rings. The minimum absolute atomic E-state index is 0.0180. The van der Waals surface area contributed by atoms with Crippen molar-refractivity contribution in [3.63, 3.8) is 0 Å². The smallest absolute Gasteiger partial charge is 0.325 e. The molecule has 34 heavy (non-hydrogen) atoms. The average Bonchev–Trinajstić information content (AvgIpc) is 3.41. The normalized spacial score (nSPS) is 22.4. The van der Waals surface area contributed by atoms with Crippen LogP contribution in [0.1, 0.15) is 32.1 Å². The van der Waals surface area contributed by atoms with Crippen molar-refractivity contribution in [1.29, 1.82) is 0 Å². The molecule has 0 radical (unpaired) electrons. The SMILES string of the molecule is O=C(CCN1C(=O)NC2(CCCC2)C1=O)N1CCN(S(=O)(=O)c2ccc3c(c2)OCCO3)CC1. The average molecular weight is 493 g/mol. The highest BCUT2D eigenvalue weighted by atomic mass is 32.2. The van der Waals surface area contributed by atoms with Crippen LogP contribution in [0.4, 0.5) is 4.79 Å². The molecule has 1 aromatic rings. The Bertz CT molecular complexity index is 1110. The lowest BCUT2D eigenvalue weighted by Crippen LogP contribution is -2.51. The van der Waals surface area contributed by atoms with Crippen LogP contribution in [0.15, 0.2) is 23.1 Å². The van der Waals surface area contributed by atoms with Crippen molar-refractivity contribution in [2.45, 2.75) is 42.5 Å². The first kappa shape index (κ1) is 22.9. The molecule has 5 rings (SSSR count). The number of carbonyl (C=O) groups is 3. The first-order valence-corrected chi connectivity index (χ1v) is 13.1. The fraction of sp³-hybridized carbons (Fsp3) is 0.591. The molecule has 4 amide bonds. The zero-order chi connectivity index (χ0) is 23.9. The third-order valence-electron chi connectivity index (χ3n) is 7.00. The van der Waals surface area contributed by atoms with Crippen LogP contribution in [-0.2, 0) is 19.6 Å². The molecule has 3 aliphatic heterocycles. The van der Waals surface area contributed by atoms with Gasteiger partial charge in [0.05, 0.1) is 4.90 Å². The van der Waals surface area contributed by atoms with Crippen molar-refractivity contribution in [3.8, 4) is 11.5 Å². The summed E-state index contributed by atoms with van der Waals surface area (Å²) in [6.45, 7) is 1.62. The Morgan fingerprint density at radius 1 is 1.00 bits per heavy atom. The molecule has 1 N–H and O–H groups in total. The van der Waals surface area contributed by atoms with E-state index < -0.39 is 21.6 Å².